The molecular formula is C19H19ClN2O2. The third kappa shape index (κ3) is 2.46. The summed E-state index contributed by atoms with van der Waals surface area (Å²) in [5.41, 5.74) is 2.84. The summed E-state index contributed by atoms with van der Waals surface area (Å²) in [5.74, 6) is 1.19. The van der Waals surface area contributed by atoms with E-state index in [9.17, 15) is 0 Å². The standard InChI is InChI=1S/C19H19ClN2O2/c1-22-9-5-7-14(22)13-11-21-19(23-2)18(20)17(13)16-10-12-6-3-4-8-15(12)24-16/h3-4,6,8,10-11,14H,5,7,9H2,1-2H3/t14-/m0/s1. The van der Waals surface area contributed by atoms with Gasteiger partial charge in [-0.2, -0.15) is 0 Å². The number of methoxy groups -OCH3 is 1. The summed E-state index contributed by atoms with van der Waals surface area (Å²) in [6.07, 6.45) is 4.14. The Morgan fingerprint density at radius 3 is 2.88 bits per heavy atom. The molecule has 0 saturated carbocycles. The van der Waals surface area contributed by atoms with Crippen molar-refractivity contribution in [3.8, 4) is 17.2 Å². The lowest BCUT2D eigenvalue weighted by Crippen LogP contribution is -2.18. The van der Waals surface area contributed by atoms with Crippen molar-refractivity contribution in [3.63, 3.8) is 0 Å². The third-order valence-electron chi connectivity index (χ3n) is 4.76. The molecule has 24 heavy (non-hydrogen) atoms. The highest BCUT2D eigenvalue weighted by Gasteiger charge is 2.29. The molecule has 0 amide bonds. The van der Waals surface area contributed by atoms with Crippen molar-refractivity contribution in [2.75, 3.05) is 20.7 Å². The zero-order valence-electron chi connectivity index (χ0n) is 13.8. The summed E-state index contributed by atoms with van der Waals surface area (Å²) in [7, 11) is 3.72. The number of aromatic nitrogens is 1. The molecule has 1 atom stereocenters. The van der Waals surface area contributed by atoms with Crippen molar-refractivity contribution in [2.45, 2.75) is 18.9 Å². The molecule has 0 radical (unpaired) electrons. The molecule has 0 aliphatic carbocycles. The molecule has 5 heteroatoms. The van der Waals surface area contributed by atoms with Gasteiger partial charge in [-0.15, -0.1) is 0 Å². The largest absolute Gasteiger partial charge is 0.480 e. The van der Waals surface area contributed by atoms with Gasteiger partial charge in [0.15, 0.2) is 0 Å². The second-order valence-electron chi connectivity index (χ2n) is 6.20. The van der Waals surface area contributed by atoms with E-state index in [4.69, 9.17) is 20.8 Å². The number of likely N-dealkylation sites (tertiary alicyclic amines) is 1. The van der Waals surface area contributed by atoms with Gasteiger partial charge in [-0.3, -0.25) is 4.90 Å². The van der Waals surface area contributed by atoms with Crippen molar-refractivity contribution in [2.24, 2.45) is 0 Å². The summed E-state index contributed by atoms with van der Waals surface area (Å²) in [5, 5.41) is 1.57. The van der Waals surface area contributed by atoms with Crippen LogP contribution < -0.4 is 4.74 Å². The first-order valence-electron chi connectivity index (χ1n) is 8.10. The topological polar surface area (TPSA) is 38.5 Å². The van der Waals surface area contributed by atoms with E-state index in [0.29, 0.717) is 16.9 Å². The van der Waals surface area contributed by atoms with Crippen LogP contribution in [0.5, 0.6) is 5.88 Å². The normalized spacial score (nSPS) is 18.4. The average molecular weight is 343 g/mol. The summed E-state index contributed by atoms with van der Waals surface area (Å²) in [6.45, 7) is 1.08. The molecule has 1 aromatic carbocycles. The Balaban J connectivity index is 1.94. The lowest BCUT2D eigenvalue weighted by molar-refractivity contribution is 0.316. The van der Waals surface area contributed by atoms with Crippen LogP contribution in [0.25, 0.3) is 22.3 Å². The van der Waals surface area contributed by atoms with Crippen molar-refractivity contribution in [1.29, 1.82) is 0 Å². The number of halogens is 1. The highest BCUT2D eigenvalue weighted by Crippen LogP contribution is 2.44. The highest BCUT2D eigenvalue weighted by molar-refractivity contribution is 6.34. The van der Waals surface area contributed by atoms with Gasteiger partial charge in [-0.25, -0.2) is 4.98 Å². The molecule has 1 aliphatic rings. The Labute approximate surface area is 146 Å². The fourth-order valence-electron chi connectivity index (χ4n) is 3.54. The number of benzene rings is 1. The first-order valence-corrected chi connectivity index (χ1v) is 8.48. The average Bonchev–Trinajstić information content (AvgIpc) is 3.20. The summed E-state index contributed by atoms with van der Waals surface area (Å²) < 4.78 is 11.4. The molecule has 4 nitrogen and oxygen atoms in total. The van der Waals surface area contributed by atoms with Gasteiger partial charge in [0, 0.05) is 28.8 Å². The molecule has 1 fully saturated rings. The molecule has 4 rings (SSSR count). The lowest BCUT2D eigenvalue weighted by Gasteiger charge is -2.22. The zero-order chi connectivity index (χ0) is 16.7. The maximum atomic E-state index is 6.64. The maximum Gasteiger partial charge on any atom is 0.233 e. The van der Waals surface area contributed by atoms with E-state index in [-0.39, 0.29) is 0 Å². The van der Waals surface area contributed by atoms with Gasteiger partial charge in [0.05, 0.1) is 7.11 Å². The first-order chi connectivity index (χ1) is 11.7. The van der Waals surface area contributed by atoms with Gasteiger partial charge in [-0.1, -0.05) is 29.8 Å². The van der Waals surface area contributed by atoms with Crippen LogP contribution in [0.3, 0.4) is 0 Å². The summed E-state index contributed by atoms with van der Waals surface area (Å²) in [4.78, 5) is 6.73. The zero-order valence-corrected chi connectivity index (χ0v) is 14.5. The Hall–Kier alpha value is -2.04. The van der Waals surface area contributed by atoms with Crippen LogP contribution in [0.2, 0.25) is 5.02 Å². The molecule has 1 aliphatic heterocycles. The van der Waals surface area contributed by atoms with E-state index in [1.54, 1.807) is 7.11 Å². The van der Waals surface area contributed by atoms with Gasteiger partial charge in [0.1, 0.15) is 16.4 Å². The second kappa shape index (κ2) is 6.11. The number of rotatable bonds is 3. The van der Waals surface area contributed by atoms with Gasteiger partial charge in [0.25, 0.3) is 0 Å². The van der Waals surface area contributed by atoms with Gasteiger partial charge >= 0.3 is 0 Å². The Morgan fingerprint density at radius 1 is 1.33 bits per heavy atom. The maximum absolute atomic E-state index is 6.64. The summed E-state index contributed by atoms with van der Waals surface area (Å²) in [6, 6.07) is 10.3. The highest BCUT2D eigenvalue weighted by atomic mass is 35.5. The van der Waals surface area contributed by atoms with Gasteiger partial charge < -0.3 is 9.15 Å². The number of ether oxygens (including phenoxy) is 1. The minimum absolute atomic E-state index is 0.295. The van der Waals surface area contributed by atoms with Crippen LogP contribution >= 0.6 is 11.6 Å². The van der Waals surface area contributed by atoms with Crippen molar-refractivity contribution in [3.05, 3.63) is 47.1 Å². The minimum Gasteiger partial charge on any atom is -0.480 e. The number of hydrogen-bond acceptors (Lipinski definition) is 4. The first kappa shape index (κ1) is 15.5. The van der Waals surface area contributed by atoms with Crippen LogP contribution in [-0.2, 0) is 0 Å². The molecule has 0 N–H and O–H groups in total. The van der Waals surface area contributed by atoms with Crippen LogP contribution in [0.1, 0.15) is 24.4 Å². The number of hydrogen-bond donors (Lipinski definition) is 0. The molecule has 0 spiro atoms. The van der Waals surface area contributed by atoms with Crippen LogP contribution in [0.15, 0.2) is 40.9 Å². The van der Waals surface area contributed by atoms with Crippen LogP contribution in [-0.4, -0.2) is 30.6 Å². The van der Waals surface area contributed by atoms with Crippen molar-refractivity contribution in [1.82, 2.24) is 9.88 Å². The smallest absolute Gasteiger partial charge is 0.233 e. The number of para-hydroxylation sites is 1. The predicted molar refractivity (Wildman–Crippen MR) is 95.6 cm³/mol. The van der Waals surface area contributed by atoms with E-state index in [2.05, 4.69) is 16.9 Å². The number of pyridine rings is 1. The molecule has 124 valence electrons. The molecule has 1 saturated heterocycles. The van der Waals surface area contributed by atoms with E-state index < -0.39 is 0 Å². The molecular weight excluding hydrogens is 324 g/mol. The third-order valence-corrected chi connectivity index (χ3v) is 5.11. The Bertz CT molecular complexity index is 857. The SMILES string of the molecule is COc1ncc([C@@H]2CCCN2C)c(-c2cc3ccccc3o2)c1Cl. The molecule has 3 aromatic rings. The molecule has 0 bridgehead atoms. The van der Waals surface area contributed by atoms with Crippen LogP contribution in [0.4, 0.5) is 0 Å². The fraction of sp³-hybridized carbons (Fsp3) is 0.316. The van der Waals surface area contributed by atoms with E-state index in [1.165, 1.54) is 6.42 Å². The van der Waals surface area contributed by atoms with E-state index in [0.717, 1.165) is 40.8 Å². The predicted octanol–water partition coefficient (Wildman–Crippen LogP) is 4.92. The quantitative estimate of drug-likeness (QED) is 0.677. The van der Waals surface area contributed by atoms with Gasteiger partial charge in [-0.05, 0) is 38.6 Å². The lowest BCUT2D eigenvalue weighted by atomic mass is 9.99. The minimum atomic E-state index is 0.295. The molecule has 2 aromatic heterocycles. The molecule has 3 heterocycles. The Kier molecular flexibility index (Phi) is 3.94. The van der Waals surface area contributed by atoms with E-state index >= 15 is 0 Å². The van der Waals surface area contributed by atoms with Crippen molar-refractivity contribution >= 4 is 22.6 Å². The number of fused-ring (bicyclic) bond motifs is 1. The van der Waals surface area contributed by atoms with E-state index in [1.807, 2.05) is 36.5 Å². The number of furan rings is 1. The van der Waals surface area contributed by atoms with Crippen LogP contribution in [0, 0.1) is 0 Å². The molecule has 0 unspecified atom stereocenters. The Morgan fingerprint density at radius 2 is 2.17 bits per heavy atom. The second-order valence-corrected chi connectivity index (χ2v) is 6.58. The fourth-order valence-corrected chi connectivity index (χ4v) is 3.86. The van der Waals surface area contributed by atoms with Crippen molar-refractivity contribution < 1.29 is 9.15 Å². The van der Waals surface area contributed by atoms with Gasteiger partial charge in [0.2, 0.25) is 5.88 Å². The number of nitrogens with zero attached hydrogens (tertiary/aromatic N) is 2. The monoisotopic (exact) mass is 342 g/mol. The summed E-state index contributed by atoms with van der Waals surface area (Å²) >= 11 is 6.64.